The summed E-state index contributed by atoms with van der Waals surface area (Å²) < 4.78 is 17.1. The lowest BCUT2D eigenvalue weighted by atomic mass is 9.80. The normalized spacial score (nSPS) is 21.2. The van der Waals surface area contributed by atoms with Gasteiger partial charge in [0.2, 0.25) is 12.0 Å². The van der Waals surface area contributed by atoms with Crippen molar-refractivity contribution < 1.29 is 24.1 Å². The van der Waals surface area contributed by atoms with Crippen LogP contribution in [0, 0.1) is 5.92 Å². The Kier molecular flexibility index (Phi) is 7.08. The highest BCUT2D eigenvalue weighted by Gasteiger charge is 2.38. The molecule has 0 spiro atoms. The molecule has 0 radical (unpaired) electrons. The van der Waals surface area contributed by atoms with Crippen LogP contribution in [0.4, 0.5) is 0 Å². The number of hydrogen-bond acceptors (Lipinski definition) is 5. The molecule has 4 rings (SSSR count). The third kappa shape index (κ3) is 4.50. The van der Waals surface area contributed by atoms with Crippen LogP contribution in [-0.4, -0.2) is 37.2 Å². The number of carbonyl (C=O) groups excluding carboxylic acids is 1. The zero-order valence-corrected chi connectivity index (χ0v) is 18.5. The van der Waals surface area contributed by atoms with Gasteiger partial charge < -0.3 is 19.3 Å². The maximum atomic E-state index is 12.6. The van der Waals surface area contributed by atoms with Gasteiger partial charge in [0.25, 0.3) is 0 Å². The maximum absolute atomic E-state index is 12.6. The smallest absolute Gasteiger partial charge is 0.373 e. The van der Waals surface area contributed by atoms with Crippen molar-refractivity contribution >= 4 is 5.97 Å². The van der Waals surface area contributed by atoms with Crippen LogP contribution in [0.3, 0.4) is 0 Å². The summed E-state index contributed by atoms with van der Waals surface area (Å²) in [6.07, 6.45) is 5.05. The molecule has 2 aromatic carbocycles. The monoisotopic (exact) mass is 434 g/mol. The minimum atomic E-state index is -0.585. The molecule has 0 saturated carbocycles. The highest BCUT2D eigenvalue weighted by atomic mass is 16.7. The SMILES string of the molecule is C=CCOC(=O)C1=C[C@@H](c2ccc3c(c2)Cc2ccccc2-3)[C@@H](CCCO)[C@@H](OCC)O1. The zero-order valence-electron chi connectivity index (χ0n) is 18.5. The first-order chi connectivity index (χ1) is 15.7. The number of aliphatic hydroxyl groups excluding tert-OH is 1. The summed E-state index contributed by atoms with van der Waals surface area (Å²) in [4.78, 5) is 12.6. The van der Waals surface area contributed by atoms with Crippen LogP contribution in [-0.2, 0) is 25.4 Å². The number of rotatable bonds is 9. The van der Waals surface area contributed by atoms with Crippen LogP contribution >= 0.6 is 0 Å². The number of allylic oxidation sites excluding steroid dienone is 1. The van der Waals surface area contributed by atoms with Crippen molar-refractivity contribution in [2.45, 2.75) is 38.4 Å². The van der Waals surface area contributed by atoms with Gasteiger partial charge in [0.1, 0.15) is 6.61 Å². The fourth-order valence-electron chi connectivity index (χ4n) is 4.71. The van der Waals surface area contributed by atoms with E-state index in [1.54, 1.807) is 0 Å². The fourth-order valence-corrected chi connectivity index (χ4v) is 4.71. The third-order valence-electron chi connectivity index (χ3n) is 6.15. The predicted molar refractivity (Wildman–Crippen MR) is 123 cm³/mol. The molecule has 3 atom stereocenters. The summed E-state index contributed by atoms with van der Waals surface area (Å²) in [6, 6.07) is 15.0. The molecule has 2 aromatic rings. The third-order valence-corrected chi connectivity index (χ3v) is 6.15. The van der Waals surface area contributed by atoms with Crippen LogP contribution < -0.4 is 0 Å². The first kappa shape index (κ1) is 22.3. The molecular formula is C27H30O5. The summed E-state index contributed by atoms with van der Waals surface area (Å²) in [7, 11) is 0. The van der Waals surface area contributed by atoms with Gasteiger partial charge in [-0.2, -0.15) is 0 Å². The van der Waals surface area contributed by atoms with Gasteiger partial charge in [0, 0.05) is 25.0 Å². The Morgan fingerprint density at radius 3 is 2.81 bits per heavy atom. The Balaban J connectivity index is 1.71. The van der Waals surface area contributed by atoms with Crippen LogP contribution in [0.5, 0.6) is 0 Å². The van der Waals surface area contributed by atoms with E-state index in [9.17, 15) is 9.90 Å². The van der Waals surface area contributed by atoms with E-state index in [1.165, 1.54) is 28.3 Å². The van der Waals surface area contributed by atoms with Gasteiger partial charge in [0.05, 0.1) is 0 Å². The molecule has 0 amide bonds. The second-order valence-corrected chi connectivity index (χ2v) is 8.17. The molecule has 168 valence electrons. The van der Waals surface area contributed by atoms with Crippen molar-refractivity contribution in [2.75, 3.05) is 19.8 Å². The van der Waals surface area contributed by atoms with E-state index < -0.39 is 12.3 Å². The van der Waals surface area contributed by atoms with Crippen molar-refractivity contribution in [3.8, 4) is 11.1 Å². The lowest BCUT2D eigenvalue weighted by molar-refractivity contribution is -0.175. The summed E-state index contributed by atoms with van der Waals surface area (Å²) in [5.41, 5.74) is 6.28. The minimum absolute atomic E-state index is 0.0279. The number of esters is 1. The van der Waals surface area contributed by atoms with Crippen molar-refractivity contribution in [3.63, 3.8) is 0 Å². The Morgan fingerprint density at radius 1 is 1.22 bits per heavy atom. The summed E-state index contributed by atoms with van der Waals surface area (Å²) >= 11 is 0. The molecule has 1 aliphatic carbocycles. The second-order valence-electron chi connectivity index (χ2n) is 8.17. The summed E-state index contributed by atoms with van der Waals surface area (Å²) in [5, 5.41) is 9.45. The Morgan fingerprint density at radius 2 is 2.03 bits per heavy atom. The van der Waals surface area contributed by atoms with E-state index in [4.69, 9.17) is 14.2 Å². The summed E-state index contributed by atoms with van der Waals surface area (Å²) in [5.74, 6) is -0.472. The predicted octanol–water partition coefficient (Wildman–Crippen LogP) is 4.74. The Labute approximate surface area is 189 Å². The van der Waals surface area contributed by atoms with Gasteiger partial charge in [0.15, 0.2) is 0 Å². The number of ether oxygens (including phenoxy) is 3. The molecule has 1 heterocycles. The van der Waals surface area contributed by atoms with E-state index >= 15 is 0 Å². The number of carbonyl (C=O) groups is 1. The van der Waals surface area contributed by atoms with Gasteiger partial charge in [-0.15, -0.1) is 0 Å². The zero-order chi connectivity index (χ0) is 22.5. The molecule has 32 heavy (non-hydrogen) atoms. The molecule has 0 saturated heterocycles. The van der Waals surface area contributed by atoms with Gasteiger partial charge >= 0.3 is 5.97 Å². The highest BCUT2D eigenvalue weighted by Crippen LogP contribution is 2.43. The molecule has 0 fully saturated rings. The highest BCUT2D eigenvalue weighted by molar-refractivity contribution is 5.86. The standard InChI is InChI=1S/C27H30O5/c1-3-14-31-26(29)25-17-24(23(10-7-13-28)27(32-25)30-4-2)19-11-12-22-20(16-19)15-18-8-5-6-9-21(18)22/h3,5-6,8-9,11-12,16-17,23-24,27-28H,1,4,7,10,13-15H2,2H3/t23-,24+,27+/m1/s1. The fraction of sp³-hybridized carbons (Fsp3) is 0.370. The van der Waals surface area contributed by atoms with E-state index in [0.717, 1.165) is 12.0 Å². The second kappa shape index (κ2) is 10.2. The minimum Gasteiger partial charge on any atom is -0.457 e. The molecule has 5 nitrogen and oxygen atoms in total. The lowest BCUT2D eigenvalue weighted by Crippen LogP contribution is -2.37. The van der Waals surface area contributed by atoms with Crippen LogP contribution in [0.25, 0.3) is 11.1 Å². The molecule has 2 aliphatic rings. The number of fused-ring (bicyclic) bond motifs is 3. The first-order valence-electron chi connectivity index (χ1n) is 11.3. The van der Waals surface area contributed by atoms with Crippen molar-refractivity contribution in [2.24, 2.45) is 5.92 Å². The summed E-state index contributed by atoms with van der Waals surface area (Å²) in [6.45, 7) is 6.18. The van der Waals surface area contributed by atoms with E-state index in [0.29, 0.717) is 19.4 Å². The Bertz CT molecular complexity index is 1010. The van der Waals surface area contributed by atoms with Crippen molar-refractivity contribution in [1.82, 2.24) is 0 Å². The van der Waals surface area contributed by atoms with Crippen LogP contribution in [0.1, 0.15) is 42.4 Å². The number of benzene rings is 2. The largest absolute Gasteiger partial charge is 0.457 e. The molecule has 1 aliphatic heterocycles. The molecular weight excluding hydrogens is 404 g/mol. The maximum Gasteiger partial charge on any atom is 0.373 e. The molecule has 0 unspecified atom stereocenters. The average molecular weight is 435 g/mol. The van der Waals surface area contributed by atoms with Gasteiger partial charge in [-0.05, 0) is 60.1 Å². The lowest BCUT2D eigenvalue weighted by Gasteiger charge is -2.37. The van der Waals surface area contributed by atoms with Gasteiger partial charge in [-0.1, -0.05) is 55.1 Å². The van der Waals surface area contributed by atoms with Crippen molar-refractivity contribution in [3.05, 3.63) is 83.6 Å². The topological polar surface area (TPSA) is 65.0 Å². The molecule has 0 bridgehead atoms. The first-order valence-corrected chi connectivity index (χ1v) is 11.3. The molecule has 5 heteroatoms. The number of aliphatic hydroxyl groups is 1. The number of hydrogen-bond donors (Lipinski definition) is 1. The average Bonchev–Trinajstić information content (AvgIpc) is 3.19. The van der Waals surface area contributed by atoms with Gasteiger partial charge in [-0.25, -0.2) is 4.79 Å². The quantitative estimate of drug-likeness (QED) is 0.389. The molecule has 1 N–H and O–H groups in total. The van der Waals surface area contributed by atoms with Crippen LogP contribution in [0.2, 0.25) is 0 Å². The van der Waals surface area contributed by atoms with Crippen molar-refractivity contribution in [1.29, 1.82) is 0 Å². The van der Waals surface area contributed by atoms with E-state index in [-0.39, 0.29) is 30.8 Å². The van der Waals surface area contributed by atoms with Gasteiger partial charge in [-0.3, -0.25) is 0 Å². The van der Waals surface area contributed by atoms with E-state index in [2.05, 4.69) is 49.0 Å². The Hall–Kier alpha value is -2.89. The van der Waals surface area contributed by atoms with E-state index in [1.807, 2.05) is 13.0 Å². The van der Waals surface area contributed by atoms with Crippen LogP contribution in [0.15, 0.2) is 67.0 Å². The molecule has 0 aromatic heterocycles.